The second-order valence-corrected chi connectivity index (χ2v) is 10.1. The summed E-state index contributed by atoms with van der Waals surface area (Å²) >= 11 is 1.14. The first-order valence-electron chi connectivity index (χ1n) is 10.1. The Hall–Kier alpha value is -3.06. The number of aromatic hydroxyl groups is 1. The lowest BCUT2D eigenvalue weighted by molar-refractivity contribution is -0.0395. The van der Waals surface area contributed by atoms with E-state index < -0.39 is 15.6 Å². The molecule has 3 heterocycles. The Bertz CT molecular complexity index is 1470. The van der Waals surface area contributed by atoms with E-state index >= 15 is 0 Å². The number of nitrogens with one attached hydrogen (secondary N) is 1. The lowest BCUT2D eigenvalue weighted by Gasteiger charge is -2.18. The molecule has 0 bridgehead atoms. The number of benzene rings is 1. The van der Waals surface area contributed by atoms with E-state index in [1.807, 2.05) is 0 Å². The first kappa shape index (κ1) is 21.8. The van der Waals surface area contributed by atoms with Crippen LogP contribution >= 0.6 is 11.3 Å². The topological polar surface area (TPSA) is 132 Å². The fraction of sp³-hybridized carbons (Fsp3) is 0.286. The molecule has 5 rings (SSSR count). The third kappa shape index (κ3) is 3.95. The molecular formula is C21H20N4O6S2. The van der Waals surface area contributed by atoms with Crippen molar-refractivity contribution in [2.75, 3.05) is 19.2 Å². The molecular weight excluding hydrogens is 468 g/mol. The van der Waals surface area contributed by atoms with Gasteiger partial charge in [0.25, 0.3) is 15.6 Å². The maximum atomic E-state index is 13.4. The lowest BCUT2D eigenvalue weighted by atomic mass is 10.1. The number of fused-ring (bicyclic) bond motifs is 2. The summed E-state index contributed by atoms with van der Waals surface area (Å²) in [4.78, 5) is 13.4. The molecule has 1 saturated carbocycles. The van der Waals surface area contributed by atoms with Crippen LogP contribution in [0.2, 0.25) is 0 Å². The summed E-state index contributed by atoms with van der Waals surface area (Å²) < 4.78 is 41.2. The maximum Gasteiger partial charge on any atom is 0.287 e. The molecule has 12 heteroatoms. The Labute approximate surface area is 192 Å². The van der Waals surface area contributed by atoms with Gasteiger partial charge in [-0.05, 0) is 36.3 Å². The molecule has 1 fully saturated rings. The van der Waals surface area contributed by atoms with Gasteiger partial charge in [-0.25, -0.2) is 0 Å². The summed E-state index contributed by atoms with van der Waals surface area (Å²) in [7, 11) is -2.69. The van der Waals surface area contributed by atoms with Crippen molar-refractivity contribution in [3.05, 3.63) is 51.1 Å². The number of methoxy groups -OCH3 is 1. The van der Waals surface area contributed by atoms with Crippen molar-refractivity contribution in [1.29, 1.82) is 0 Å². The highest BCUT2D eigenvalue weighted by molar-refractivity contribution is 7.90. The summed E-state index contributed by atoms with van der Waals surface area (Å²) in [6, 6.07) is 6.75. The number of rotatable bonds is 7. The number of hydrogen-bond acceptors (Lipinski definition) is 9. The number of amidine groups is 1. The van der Waals surface area contributed by atoms with Crippen LogP contribution in [0.15, 0.2) is 48.8 Å². The fourth-order valence-corrected chi connectivity index (χ4v) is 6.11. The van der Waals surface area contributed by atoms with Gasteiger partial charge in [0.2, 0.25) is 0 Å². The largest absolute Gasteiger partial charge is 0.506 e. The number of sulfonamides is 1. The number of hydrogen-bond donors (Lipinski definition) is 2. The van der Waals surface area contributed by atoms with Crippen LogP contribution in [0.4, 0.5) is 5.00 Å². The van der Waals surface area contributed by atoms with Crippen molar-refractivity contribution in [3.63, 3.8) is 0 Å². The fourth-order valence-electron chi connectivity index (χ4n) is 3.53. The van der Waals surface area contributed by atoms with E-state index in [9.17, 15) is 18.3 Å². The number of ether oxygens (including phenoxy) is 2. The van der Waals surface area contributed by atoms with E-state index in [2.05, 4.69) is 14.8 Å². The molecule has 10 nitrogen and oxygen atoms in total. The summed E-state index contributed by atoms with van der Waals surface area (Å²) in [6.07, 6.45) is 3.71. The van der Waals surface area contributed by atoms with Crippen molar-refractivity contribution in [2.24, 2.45) is 15.4 Å². The molecule has 0 saturated heterocycles. The van der Waals surface area contributed by atoms with Crippen LogP contribution in [0.25, 0.3) is 10.9 Å². The highest BCUT2D eigenvalue weighted by atomic mass is 32.2. The summed E-state index contributed by atoms with van der Waals surface area (Å²) in [5.41, 5.74) is -0.0968. The zero-order chi connectivity index (χ0) is 23.2. The molecule has 2 aromatic heterocycles. The molecule has 0 unspecified atom stereocenters. The van der Waals surface area contributed by atoms with Gasteiger partial charge in [0.1, 0.15) is 28.0 Å². The van der Waals surface area contributed by atoms with E-state index in [0.29, 0.717) is 22.4 Å². The van der Waals surface area contributed by atoms with Crippen LogP contribution in [-0.4, -0.2) is 44.2 Å². The molecule has 172 valence electrons. The van der Waals surface area contributed by atoms with Gasteiger partial charge < -0.3 is 19.9 Å². The van der Waals surface area contributed by atoms with E-state index in [-0.39, 0.29) is 40.4 Å². The van der Waals surface area contributed by atoms with Gasteiger partial charge >= 0.3 is 0 Å². The zero-order valence-electron chi connectivity index (χ0n) is 17.5. The van der Waals surface area contributed by atoms with Crippen molar-refractivity contribution in [1.82, 2.24) is 4.68 Å². The van der Waals surface area contributed by atoms with Crippen LogP contribution < -0.4 is 10.9 Å². The normalized spacial score (nSPS) is 17.2. The maximum absolute atomic E-state index is 13.4. The van der Waals surface area contributed by atoms with Crippen LogP contribution in [0.5, 0.6) is 5.75 Å². The van der Waals surface area contributed by atoms with Gasteiger partial charge in [-0.15, -0.1) is 15.7 Å². The molecule has 33 heavy (non-hydrogen) atoms. The third-order valence-corrected chi connectivity index (χ3v) is 7.74. The lowest BCUT2D eigenvalue weighted by Crippen LogP contribution is -2.31. The monoisotopic (exact) mass is 488 g/mol. The molecule has 2 N–H and O–H groups in total. The Morgan fingerprint density at radius 2 is 2.15 bits per heavy atom. The number of anilines is 1. The minimum Gasteiger partial charge on any atom is -0.506 e. The van der Waals surface area contributed by atoms with Gasteiger partial charge in [0.05, 0.1) is 12.1 Å². The van der Waals surface area contributed by atoms with Gasteiger partial charge in [0, 0.05) is 24.3 Å². The summed E-state index contributed by atoms with van der Waals surface area (Å²) in [6.45, 7) is 0.0356. The van der Waals surface area contributed by atoms with Gasteiger partial charge in [0.15, 0.2) is 5.84 Å². The third-order valence-electron chi connectivity index (χ3n) is 5.26. The quantitative estimate of drug-likeness (QED) is 0.297. The molecule has 0 amide bonds. The molecule has 2 aliphatic rings. The van der Waals surface area contributed by atoms with Crippen LogP contribution in [0, 0.1) is 5.92 Å². The molecule has 1 aromatic carbocycles. The highest BCUT2D eigenvalue weighted by Gasteiger charge is 2.33. The first-order valence-corrected chi connectivity index (χ1v) is 12.4. The standard InChI is InChI=1S/C21H20N4O6S2/c1-30-11-31-9-13-10-32-20-18(13)33(28,29)24-19(23-20)16-17(26)14-4-2-3-5-15(14)25(21(16)27)22-8-12-6-7-12/h2-5,8,10,12,26H,6-7,9,11H2,1H3,(H,23,24). The smallest absolute Gasteiger partial charge is 0.287 e. The zero-order valence-corrected chi connectivity index (χ0v) is 19.1. The summed E-state index contributed by atoms with van der Waals surface area (Å²) in [5, 5.41) is 20.5. The van der Waals surface area contributed by atoms with Crippen molar-refractivity contribution >= 4 is 49.3 Å². The van der Waals surface area contributed by atoms with Gasteiger partial charge in [-0.1, -0.05) is 12.1 Å². The van der Waals surface area contributed by atoms with Crippen molar-refractivity contribution in [2.45, 2.75) is 24.3 Å². The molecule has 3 aromatic rings. The molecule has 1 aliphatic carbocycles. The average molecular weight is 489 g/mol. The number of aromatic nitrogens is 1. The minimum atomic E-state index is -4.16. The van der Waals surface area contributed by atoms with E-state index in [0.717, 1.165) is 24.2 Å². The Morgan fingerprint density at radius 3 is 2.91 bits per heavy atom. The Balaban J connectivity index is 1.64. The second-order valence-electron chi connectivity index (χ2n) is 7.67. The van der Waals surface area contributed by atoms with Crippen molar-refractivity contribution in [3.8, 4) is 5.75 Å². The minimum absolute atomic E-state index is 0.0124. The van der Waals surface area contributed by atoms with Gasteiger partial charge in [-0.2, -0.15) is 18.2 Å². The SMILES string of the molecule is COCOCc1csc2c1S(=O)(=O)N=C(c1c(O)c3ccccc3n(N=CC3CC3)c1=O)N2. The van der Waals surface area contributed by atoms with Gasteiger partial charge in [-0.3, -0.25) is 4.79 Å². The van der Waals surface area contributed by atoms with Crippen LogP contribution in [-0.2, 0) is 26.1 Å². The molecule has 0 spiro atoms. The molecule has 1 aliphatic heterocycles. The Kier molecular flexibility index (Phi) is 5.52. The average Bonchev–Trinajstić information content (AvgIpc) is 3.52. The van der Waals surface area contributed by atoms with E-state index in [1.54, 1.807) is 35.9 Å². The molecule has 0 radical (unpaired) electrons. The van der Waals surface area contributed by atoms with Crippen LogP contribution in [0.1, 0.15) is 24.0 Å². The predicted octanol–water partition coefficient (Wildman–Crippen LogP) is 2.69. The second kappa shape index (κ2) is 8.37. The number of pyridine rings is 1. The summed E-state index contributed by atoms with van der Waals surface area (Å²) in [5.74, 6) is -0.304. The van der Waals surface area contributed by atoms with Crippen molar-refractivity contribution < 1.29 is 23.0 Å². The molecule has 0 atom stereocenters. The van der Waals surface area contributed by atoms with E-state index in [1.165, 1.54) is 11.8 Å². The Morgan fingerprint density at radius 1 is 1.36 bits per heavy atom. The number of nitrogens with zero attached hydrogens (tertiary/aromatic N) is 3. The first-order chi connectivity index (χ1) is 15.9. The van der Waals surface area contributed by atoms with E-state index in [4.69, 9.17) is 9.47 Å². The highest BCUT2D eigenvalue weighted by Crippen LogP contribution is 2.38. The predicted molar refractivity (Wildman–Crippen MR) is 125 cm³/mol. The van der Waals surface area contributed by atoms with Crippen LogP contribution in [0.3, 0.4) is 0 Å². The number of thiophene rings is 1. The number of para-hydroxylation sites is 1.